The van der Waals surface area contributed by atoms with E-state index < -0.39 is 94.4 Å². The van der Waals surface area contributed by atoms with Gasteiger partial charge in [0.1, 0.15) is 21.2 Å². The second-order valence-electron chi connectivity index (χ2n) is 11.2. The molecule has 0 radical (unpaired) electrons. The maximum absolute atomic E-state index is 13.3. The molecule has 0 fully saturated rings. The van der Waals surface area contributed by atoms with Gasteiger partial charge in [0.05, 0.1) is 27.8 Å². The van der Waals surface area contributed by atoms with E-state index in [0.29, 0.717) is 6.07 Å². The molecule has 0 bridgehead atoms. The fourth-order valence-electron chi connectivity index (χ4n) is 4.07. The molecule has 0 amide bonds. The molecule has 0 aromatic heterocycles. The molecule has 0 aliphatic heterocycles. The number of azo groups is 1. The van der Waals surface area contributed by atoms with Crippen molar-refractivity contribution >= 4 is 83.3 Å². The van der Waals surface area contributed by atoms with Gasteiger partial charge in [0.25, 0.3) is 5.69 Å². The SMILES string of the molecule is CN(C)S(=O)(=O)Nc1cccc2c(O)c(S(=O)(=O)NC(C)(C)C)cc(N=Nc3ccc([N+](=O)[O-])cc3S(=O)(=O)CCCS(=O)(=O)Cl)c12. The molecule has 0 heterocycles. The number of halogens is 1. The summed E-state index contributed by atoms with van der Waals surface area (Å²) >= 11 is 0. The Labute approximate surface area is 276 Å². The second kappa shape index (κ2) is 13.6. The van der Waals surface area contributed by atoms with Gasteiger partial charge in [-0.2, -0.15) is 12.7 Å². The lowest BCUT2D eigenvalue weighted by molar-refractivity contribution is -0.385. The van der Waals surface area contributed by atoms with Gasteiger partial charge < -0.3 is 5.11 Å². The van der Waals surface area contributed by atoms with Crippen molar-refractivity contribution in [2.45, 2.75) is 42.5 Å². The number of aromatic hydroxyl groups is 1. The first-order chi connectivity index (χ1) is 21.3. The van der Waals surface area contributed by atoms with Crippen molar-refractivity contribution < 1.29 is 43.7 Å². The van der Waals surface area contributed by atoms with E-state index >= 15 is 0 Å². The Hall–Kier alpha value is -3.47. The first kappa shape index (κ1) is 38.0. The highest BCUT2D eigenvalue weighted by Gasteiger charge is 2.29. The summed E-state index contributed by atoms with van der Waals surface area (Å²) < 4.78 is 107. The van der Waals surface area contributed by atoms with Crippen molar-refractivity contribution in [3.05, 3.63) is 52.6 Å². The molecule has 0 aliphatic carbocycles. The normalized spacial score (nSPS) is 13.4. The Kier molecular flexibility index (Phi) is 11.0. The lowest BCUT2D eigenvalue weighted by Gasteiger charge is -2.22. The Morgan fingerprint density at radius 3 is 2.09 bits per heavy atom. The molecule has 47 heavy (non-hydrogen) atoms. The summed E-state index contributed by atoms with van der Waals surface area (Å²) in [7, 11) is -9.44. The highest BCUT2D eigenvalue weighted by Crippen LogP contribution is 2.43. The number of nitro benzene ring substituents is 1. The van der Waals surface area contributed by atoms with Crippen molar-refractivity contribution in [2.24, 2.45) is 10.2 Å². The van der Waals surface area contributed by atoms with E-state index in [1.54, 1.807) is 20.8 Å². The number of nitrogens with one attached hydrogen (secondary N) is 2. The third-order valence-corrected chi connectivity index (χ3v) is 12.4. The first-order valence-electron chi connectivity index (χ1n) is 13.2. The van der Waals surface area contributed by atoms with Crippen molar-refractivity contribution in [3.8, 4) is 5.75 Å². The quantitative estimate of drug-likeness (QED) is 0.0976. The van der Waals surface area contributed by atoms with E-state index in [-0.39, 0.29) is 22.1 Å². The molecule has 0 spiro atoms. The number of benzene rings is 3. The summed E-state index contributed by atoms with van der Waals surface area (Å²) in [6.45, 7) is 4.66. The van der Waals surface area contributed by atoms with Crippen LogP contribution in [0.2, 0.25) is 0 Å². The summed E-state index contributed by atoms with van der Waals surface area (Å²) in [6, 6.07) is 7.43. The maximum atomic E-state index is 13.3. The van der Waals surface area contributed by atoms with Crippen LogP contribution in [0.3, 0.4) is 0 Å². The zero-order chi connectivity index (χ0) is 35.8. The van der Waals surface area contributed by atoms with Gasteiger partial charge >= 0.3 is 10.2 Å². The van der Waals surface area contributed by atoms with Gasteiger partial charge in [0, 0.05) is 53.2 Å². The maximum Gasteiger partial charge on any atom is 0.301 e. The number of sulfone groups is 1. The number of anilines is 1. The molecule has 3 N–H and O–H groups in total. The minimum Gasteiger partial charge on any atom is -0.506 e. The lowest BCUT2D eigenvalue weighted by atomic mass is 10.1. The van der Waals surface area contributed by atoms with E-state index in [4.69, 9.17) is 10.7 Å². The number of hydrogen-bond donors (Lipinski definition) is 3. The summed E-state index contributed by atoms with van der Waals surface area (Å²) in [4.78, 5) is 9.22. The predicted octanol–water partition coefficient (Wildman–Crippen LogP) is 3.90. The monoisotopic (exact) mass is 754 g/mol. The predicted molar refractivity (Wildman–Crippen MR) is 175 cm³/mol. The number of fused-ring (bicyclic) bond motifs is 1. The number of phenolic OH excluding ortho intramolecular Hbond substituents is 1. The van der Waals surface area contributed by atoms with Gasteiger partial charge in [-0.25, -0.2) is 30.0 Å². The average molecular weight is 755 g/mol. The molecule has 17 nitrogen and oxygen atoms in total. The molecule has 258 valence electrons. The Morgan fingerprint density at radius 1 is 0.915 bits per heavy atom. The summed E-state index contributed by atoms with van der Waals surface area (Å²) in [6.07, 6.45) is -0.451. The minimum atomic E-state index is -4.46. The molecule has 3 aromatic carbocycles. The van der Waals surface area contributed by atoms with Crippen molar-refractivity contribution in [3.63, 3.8) is 0 Å². The molecule has 0 unspecified atom stereocenters. The Balaban J connectivity index is 2.36. The van der Waals surface area contributed by atoms with E-state index in [1.165, 1.54) is 32.3 Å². The zero-order valence-electron chi connectivity index (χ0n) is 25.5. The standard InChI is InChI=1S/C25H31ClN6O11S4/c1-25(2,3)30-46(40,41)22-15-20(23-17(24(22)33)8-6-9-19(23)29-47(42,43)31(4)5)28-27-18-11-10-16(32(34)35)14-21(18)44(36,37)12-7-13-45(26,38)39/h6,8-11,14-15,29-30,33H,7,12-13H2,1-5H3. The Bertz CT molecular complexity index is 2200. The van der Waals surface area contributed by atoms with Crippen LogP contribution in [0.1, 0.15) is 27.2 Å². The van der Waals surface area contributed by atoms with E-state index in [0.717, 1.165) is 22.5 Å². The van der Waals surface area contributed by atoms with Crippen LogP contribution < -0.4 is 9.44 Å². The topological polar surface area (TPSA) is 252 Å². The van der Waals surface area contributed by atoms with Gasteiger partial charge in [-0.05, 0) is 45.4 Å². The number of rotatable bonds is 13. The number of sulfonamides is 1. The molecule has 0 aliphatic rings. The van der Waals surface area contributed by atoms with Crippen LogP contribution in [-0.4, -0.2) is 79.1 Å². The minimum absolute atomic E-state index is 0.132. The van der Waals surface area contributed by atoms with Crippen LogP contribution in [-0.2, 0) is 39.1 Å². The van der Waals surface area contributed by atoms with Gasteiger partial charge in [-0.3, -0.25) is 14.8 Å². The van der Waals surface area contributed by atoms with Gasteiger partial charge in [0.15, 0.2) is 9.84 Å². The third kappa shape index (κ3) is 9.55. The summed E-state index contributed by atoms with van der Waals surface area (Å²) in [5, 5.41) is 30.2. The van der Waals surface area contributed by atoms with Crippen molar-refractivity contribution in [1.29, 1.82) is 0 Å². The zero-order valence-corrected chi connectivity index (χ0v) is 29.5. The van der Waals surface area contributed by atoms with E-state index in [1.807, 2.05) is 0 Å². The smallest absolute Gasteiger partial charge is 0.301 e. The van der Waals surface area contributed by atoms with Crippen LogP contribution in [0.15, 0.2) is 62.5 Å². The highest BCUT2D eigenvalue weighted by atomic mass is 35.7. The van der Waals surface area contributed by atoms with Crippen molar-refractivity contribution in [1.82, 2.24) is 9.03 Å². The molecule has 3 rings (SSSR count). The van der Waals surface area contributed by atoms with Crippen LogP contribution in [0.25, 0.3) is 10.8 Å². The fraction of sp³-hybridized carbons (Fsp3) is 0.360. The molecule has 22 heteroatoms. The van der Waals surface area contributed by atoms with Crippen LogP contribution in [0, 0.1) is 10.1 Å². The van der Waals surface area contributed by atoms with Crippen LogP contribution in [0.4, 0.5) is 22.7 Å². The average Bonchev–Trinajstić information content (AvgIpc) is 2.90. The number of nitrogens with zero attached hydrogens (tertiary/aromatic N) is 4. The first-order valence-corrected chi connectivity index (χ1v) is 20.3. The number of nitro groups is 1. The number of hydrogen-bond acceptors (Lipinski definition) is 13. The lowest BCUT2D eigenvalue weighted by Crippen LogP contribution is -2.40. The van der Waals surface area contributed by atoms with Crippen LogP contribution >= 0.6 is 10.7 Å². The molecular weight excluding hydrogens is 724 g/mol. The van der Waals surface area contributed by atoms with E-state index in [2.05, 4.69) is 19.7 Å². The van der Waals surface area contributed by atoms with Gasteiger partial charge in [0.2, 0.25) is 19.1 Å². The Morgan fingerprint density at radius 2 is 1.53 bits per heavy atom. The molecule has 0 saturated heterocycles. The van der Waals surface area contributed by atoms with Gasteiger partial charge in [-0.1, -0.05) is 12.1 Å². The largest absolute Gasteiger partial charge is 0.506 e. The summed E-state index contributed by atoms with van der Waals surface area (Å²) in [5.74, 6) is -2.25. The highest BCUT2D eigenvalue weighted by molar-refractivity contribution is 8.13. The molecular formula is C25H31ClN6O11S4. The van der Waals surface area contributed by atoms with E-state index in [9.17, 15) is 48.9 Å². The molecule has 0 saturated carbocycles. The summed E-state index contributed by atoms with van der Waals surface area (Å²) in [5.41, 5.74) is -2.60. The van der Waals surface area contributed by atoms with Crippen LogP contribution in [0.5, 0.6) is 5.75 Å². The molecule has 0 atom stereocenters. The fourth-order valence-corrected chi connectivity index (χ4v) is 8.72. The third-order valence-electron chi connectivity index (χ3n) is 6.08. The number of non-ortho nitro benzene ring substituents is 1. The van der Waals surface area contributed by atoms with Gasteiger partial charge in [-0.15, -0.1) is 10.2 Å². The van der Waals surface area contributed by atoms with Crippen molar-refractivity contribution in [2.75, 3.05) is 30.3 Å². The second-order valence-corrected chi connectivity index (χ2v) is 19.7. The number of phenols is 1. The molecule has 3 aromatic rings.